The van der Waals surface area contributed by atoms with E-state index in [1.165, 1.54) is 0 Å². The number of hydrogen-bond acceptors (Lipinski definition) is 2. The van der Waals surface area contributed by atoms with E-state index in [0.717, 1.165) is 5.56 Å². The molecule has 0 aromatic heterocycles. The molecule has 2 aromatic rings. The second kappa shape index (κ2) is 7.88. The number of carbonyl (C=O) groups is 1. The van der Waals surface area contributed by atoms with E-state index in [4.69, 9.17) is 5.11 Å². The van der Waals surface area contributed by atoms with E-state index in [0.29, 0.717) is 5.56 Å². The van der Waals surface area contributed by atoms with Gasteiger partial charge in [-0.15, -0.1) is 0 Å². The van der Waals surface area contributed by atoms with E-state index in [1.54, 1.807) is 44.2 Å². The first-order valence-corrected chi connectivity index (χ1v) is 6.47. The van der Waals surface area contributed by atoms with E-state index in [2.05, 4.69) is 11.8 Å². The molecule has 0 spiro atoms. The normalized spacial score (nSPS) is 9.67. The summed E-state index contributed by atoms with van der Waals surface area (Å²) in [4.78, 5) is 10.2. The Morgan fingerprint density at radius 2 is 1.43 bits per heavy atom. The maximum Gasteiger partial charge on any atom is 0.335 e. The lowest BCUT2D eigenvalue weighted by atomic mass is 10.1. The van der Waals surface area contributed by atoms with Gasteiger partial charge in [-0.25, -0.2) is 4.79 Å². The third-order valence-electron chi connectivity index (χ3n) is 2.31. The minimum atomic E-state index is -0.907. The molecule has 2 aromatic carbocycles. The number of aromatic carboxylic acids is 1. The molecule has 21 heavy (non-hydrogen) atoms. The predicted octanol–water partition coefficient (Wildman–Crippen LogP) is 3.19. The van der Waals surface area contributed by atoms with Gasteiger partial charge in [-0.05, 0) is 38.1 Å². The topological polar surface area (TPSA) is 57.5 Å². The van der Waals surface area contributed by atoms with Crippen LogP contribution in [0.5, 0.6) is 0 Å². The quantitative estimate of drug-likeness (QED) is 0.790. The summed E-state index contributed by atoms with van der Waals surface area (Å²) in [6, 6.07) is 17.9. The summed E-state index contributed by atoms with van der Waals surface area (Å²) in [5, 5.41) is 17.7. The molecule has 0 amide bonds. The molecule has 0 atom stereocenters. The molecule has 0 unspecified atom stereocenters. The molecule has 0 fully saturated rings. The molecular weight excluding hydrogens is 264 g/mol. The summed E-state index contributed by atoms with van der Waals surface area (Å²) in [7, 11) is 0. The average molecular weight is 282 g/mol. The minimum Gasteiger partial charge on any atom is -0.478 e. The zero-order chi connectivity index (χ0) is 15.7. The van der Waals surface area contributed by atoms with Gasteiger partial charge in [-0.2, -0.15) is 0 Å². The first-order valence-electron chi connectivity index (χ1n) is 6.47. The molecule has 0 aliphatic carbocycles. The van der Waals surface area contributed by atoms with Crippen molar-refractivity contribution in [1.82, 2.24) is 0 Å². The first kappa shape index (κ1) is 16.5. The van der Waals surface area contributed by atoms with Crippen molar-refractivity contribution in [3.63, 3.8) is 0 Å². The van der Waals surface area contributed by atoms with Crippen LogP contribution in [0.15, 0.2) is 60.7 Å². The lowest BCUT2D eigenvalue weighted by molar-refractivity contribution is 0.0697. The number of benzene rings is 2. The van der Waals surface area contributed by atoms with Crippen molar-refractivity contribution in [2.45, 2.75) is 19.4 Å². The Bertz CT molecular complexity index is 614. The number of carboxylic acids is 1. The van der Waals surface area contributed by atoms with Crippen LogP contribution in [0.4, 0.5) is 0 Å². The van der Waals surface area contributed by atoms with Crippen molar-refractivity contribution in [3.05, 3.63) is 71.8 Å². The molecule has 3 heteroatoms. The van der Waals surface area contributed by atoms with Crippen LogP contribution in [0, 0.1) is 11.8 Å². The third kappa shape index (κ3) is 7.56. The predicted molar refractivity (Wildman–Crippen MR) is 83.0 cm³/mol. The van der Waals surface area contributed by atoms with Crippen molar-refractivity contribution < 1.29 is 15.0 Å². The number of carboxylic acid groups (broad SMARTS) is 1. The van der Waals surface area contributed by atoms with E-state index < -0.39 is 11.6 Å². The fourth-order valence-electron chi connectivity index (χ4n) is 1.33. The SMILES string of the molecule is CC(C)(O)C#Cc1ccccc1.O=C(O)c1ccccc1. The molecule has 0 aliphatic heterocycles. The zero-order valence-corrected chi connectivity index (χ0v) is 12.1. The molecule has 0 radical (unpaired) electrons. The highest BCUT2D eigenvalue weighted by Crippen LogP contribution is 2.00. The van der Waals surface area contributed by atoms with Crippen LogP contribution in [0.1, 0.15) is 29.8 Å². The molecule has 0 saturated heterocycles. The lowest BCUT2D eigenvalue weighted by Gasteiger charge is -2.05. The summed E-state index contributed by atoms with van der Waals surface area (Å²) in [5.41, 5.74) is 0.354. The summed E-state index contributed by atoms with van der Waals surface area (Å²) < 4.78 is 0. The van der Waals surface area contributed by atoms with Crippen LogP contribution < -0.4 is 0 Å². The maximum absolute atomic E-state index is 10.2. The molecule has 0 aliphatic rings. The molecule has 108 valence electrons. The Balaban J connectivity index is 0.000000219. The number of rotatable bonds is 1. The Kier molecular flexibility index (Phi) is 6.19. The largest absolute Gasteiger partial charge is 0.478 e. The van der Waals surface area contributed by atoms with Gasteiger partial charge in [0.25, 0.3) is 0 Å². The summed E-state index contributed by atoms with van der Waals surface area (Å²) in [6.07, 6.45) is 0. The summed E-state index contributed by atoms with van der Waals surface area (Å²) >= 11 is 0. The van der Waals surface area contributed by atoms with E-state index >= 15 is 0 Å². The minimum absolute atomic E-state index is 0.331. The summed E-state index contributed by atoms with van der Waals surface area (Å²) in [6.45, 7) is 3.34. The fraction of sp³-hybridized carbons (Fsp3) is 0.167. The zero-order valence-electron chi connectivity index (χ0n) is 12.1. The standard InChI is InChI=1S/C11H12O.C7H6O2/c1-11(2,12)9-8-10-6-4-3-5-7-10;8-7(9)6-4-2-1-3-5-6/h3-7,12H,1-2H3;1-5H,(H,8,9). The Morgan fingerprint density at radius 1 is 0.952 bits per heavy atom. The summed E-state index contributed by atoms with van der Waals surface area (Å²) in [5.74, 6) is 4.75. The van der Waals surface area contributed by atoms with E-state index in [9.17, 15) is 9.90 Å². The van der Waals surface area contributed by atoms with Crippen LogP contribution in [0.25, 0.3) is 0 Å². The van der Waals surface area contributed by atoms with Gasteiger partial charge in [-0.3, -0.25) is 0 Å². The highest BCUT2D eigenvalue weighted by Gasteiger charge is 2.05. The highest BCUT2D eigenvalue weighted by atomic mass is 16.4. The Hall–Kier alpha value is -2.57. The Morgan fingerprint density at radius 3 is 1.81 bits per heavy atom. The first-order chi connectivity index (χ1) is 9.88. The molecule has 0 bridgehead atoms. The van der Waals surface area contributed by atoms with Crippen molar-refractivity contribution in [3.8, 4) is 11.8 Å². The van der Waals surface area contributed by atoms with Crippen LogP contribution in [0.3, 0.4) is 0 Å². The number of hydrogen-bond donors (Lipinski definition) is 2. The van der Waals surface area contributed by atoms with Crippen molar-refractivity contribution in [1.29, 1.82) is 0 Å². The van der Waals surface area contributed by atoms with Crippen LogP contribution in [0.2, 0.25) is 0 Å². The molecule has 2 rings (SSSR count). The van der Waals surface area contributed by atoms with Gasteiger partial charge >= 0.3 is 5.97 Å². The highest BCUT2D eigenvalue weighted by molar-refractivity contribution is 5.87. The second-order valence-corrected chi connectivity index (χ2v) is 4.85. The van der Waals surface area contributed by atoms with Crippen LogP contribution in [-0.2, 0) is 0 Å². The van der Waals surface area contributed by atoms with Gasteiger partial charge in [0, 0.05) is 5.56 Å². The molecule has 3 nitrogen and oxygen atoms in total. The third-order valence-corrected chi connectivity index (χ3v) is 2.31. The van der Waals surface area contributed by atoms with Crippen molar-refractivity contribution in [2.24, 2.45) is 0 Å². The van der Waals surface area contributed by atoms with Gasteiger partial charge in [0.15, 0.2) is 0 Å². The monoisotopic (exact) mass is 282 g/mol. The van der Waals surface area contributed by atoms with Gasteiger partial charge in [0.05, 0.1) is 5.56 Å². The van der Waals surface area contributed by atoms with Crippen LogP contribution in [-0.4, -0.2) is 21.8 Å². The van der Waals surface area contributed by atoms with Gasteiger partial charge in [0.2, 0.25) is 0 Å². The van der Waals surface area contributed by atoms with Gasteiger partial charge < -0.3 is 10.2 Å². The van der Waals surface area contributed by atoms with Crippen LogP contribution >= 0.6 is 0 Å². The van der Waals surface area contributed by atoms with Gasteiger partial charge in [0.1, 0.15) is 5.60 Å². The Labute approximate surface area is 124 Å². The maximum atomic E-state index is 10.2. The van der Waals surface area contributed by atoms with Crippen molar-refractivity contribution >= 4 is 5.97 Å². The second-order valence-electron chi connectivity index (χ2n) is 4.85. The molecule has 2 N–H and O–H groups in total. The average Bonchev–Trinajstić information content (AvgIpc) is 2.47. The van der Waals surface area contributed by atoms with Crippen molar-refractivity contribution in [2.75, 3.05) is 0 Å². The molecule has 0 heterocycles. The lowest BCUT2D eigenvalue weighted by Crippen LogP contribution is -2.14. The smallest absolute Gasteiger partial charge is 0.335 e. The van der Waals surface area contributed by atoms with E-state index in [-0.39, 0.29) is 0 Å². The molecule has 0 saturated carbocycles. The fourth-order valence-corrected chi connectivity index (χ4v) is 1.33. The molecular formula is C18H18O3. The number of aliphatic hydroxyl groups is 1. The van der Waals surface area contributed by atoms with E-state index in [1.807, 2.05) is 30.3 Å². The van der Waals surface area contributed by atoms with Gasteiger partial charge in [-0.1, -0.05) is 48.2 Å².